The van der Waals surface area contributed by atoms with E-state index < -0.39 is 0 Å². The predicted molar refractivity (Wildman–Crippen MR) is 71.1 cm³/mol. The van der Waals surface area contributed by atoms with Gasteiger partial charge < -0.3 is 14.9 Å². The minimum absolute atomic E-state index is 0.00315. The Morgan fingerprint density at radius 1 is 1.11 bits per heavy atom. The molecule has 4 saturated carbocycles. The molecule has 4 heteroatoms. The molecular weight excluding hydrogens is 244 g/mol. The van der Waals surface area contributed by atoms with Crippen molar-refractivity contribution in [1.29, 1.82) is 0 Å². The number of ether oxygens (including phenoxy) is 1. The van der Waals surface area contributed by atoms with E-state index in [9.17, 15) is 4.79 Å². The van der Waals surface area contributed by atoms with Crippen molar-refractivity contribution in [2.45, 2.75) is 38.5 Å². The molecule has 4 aliphatic carbocycles. The van der Waals surface area contributed by atoms with Gasteiger partial charge in [-0.3, -0.25) is 4.79 Å². The van der Waals surface area contributed by atoms with Gasteiger partial charge in [-0.2, -0.15) is 0 Å². The second kappa shape index (κ2) is 6.06. The van der Waals surface area contributed by atoms with E-state index in [2.05, 4.69) is 6.58 Å². The lowest BCUT2D eigenvalue weighted by atomic mass is 9.49. The molecule has 0 aromatic carbocycles. The number of hydrogen-bond acceptors (Lipinski definition) is 4. The molecule has 4 bridgehead atoms. The second-order valence-corrected chi connectivity index (χ2v) is 6.22. The van der Waals surface area contributed by atoms with E-state index in [4.69, 9.17) is 14.9 Å². The van der Waals surface area contributed by atoms with E-state index in [1.165, 1.54) is 25.5 Å². The highest BCUT2D eigenvalue weighted by Crippen LogP contribution is 2.60. The zero-order valence-corrected chi connectivity index (χ0v) is 11.4. The minimum atomic E-state index is -0.125. The van der Waals surface area contributed by atoms with E-state index in [0.717, 1.165) is 37.0 Å². The number of aliphatic hydroxyl groups is 2. The maximum Gasteiger partial charge on any atom is 0.316 e. The number of carbonyl (C=O) groups is 1. The SMILES string of the molecule is C=COC(=O)C12CC3CC(CC(C3)C1)C2.OCCO. The molecule has 2 N–H and O–H groups in total. The molecule has 4 rings (SSSR count). The molecule has 0 atom stereocenters. The van der Waals surface area contributed by atoms with Gasteiger partial charge in [-0.05, 0) is 56.3 Å². The Morgan fingerprint density at radius 3 is 1.84 bits per heavy atom. The largest absolute Gasteiger partial charge is 0.435 e. The van der Waals surface area contributed by atoms with Crippen molar-refractivity contribution in [3.8, 4) is 0 Å². The van der Waals surface area contributed by atoms with Crippen LogP contribution in [0.5, 0.6) is 0 Å². The van der Waals surface area contributed by atoms with Gasteiger partial charge in [-0.25, -0.2) is 0 Å². The van der Waals surface area contributed by atoms with E-state index >= 15 is 0 Å². The van der Waals surface area contributed by atoms with Crippen molar-refractivity contribution in [1.82, 2.24) is 0 Å². The average Bonchev–Trinajstić information content (AvgIpc) is 2.38. The lowest BCUT2D eigenvalue weighted by Crippen LogP contribution is -2.50. The summed E-state index contributed by atoms with van der Waals surface area (Å²) in [5.41, 5.74) is -0.122. The van der Waals surface area contributed by atoms with E-state index in [-0.39, 0.29) is 24.6 Å². The third-order valence-electron chi connectivity index (χ3n) is 4.76. The Balaban J connectivity index is 0.000000297. The lowest BCUT2D eigenvalue weighted by Gasteiger charge is -2.54. The summed E-state index contributed by atoms with van der Waals surface area (Å²) in [6.45, 7) is 3.24. The zero-order valence-electron chi connectivity index (χ0n) is 11.4. The first-order valence-electron chi connectivity index (χ1n) is 7.17. The molecule has 0 aromatic heterocycles. The summed E-state index contributed by atoms with van der Waals surface area (Å²) >= 11 is 0. The predicted octanol–water partition coefficient (Wildman–Crippen LogP) is 1.86. The summed E-state index contributed by atoms with van der Waals surface area (Å²) in [4.78, 5) is 12.0. The Labute approximate surface area is 114 Å². The maximum atomic E-state index is 12.0. The molecule has 4 nitrogen and oxygen atoms in total. The third-order valence-corrected chi connectivity index (χ3v) is 4.76. The molecule has 0 unspecified atom stereocenters. The monoisotopic (exact) mass is 268 g/mol. The van der Waals surface area contributed by atoms with Crippen LogP contribution in [-0.2, 0) is 9.53 Å². The van der Waals surface area contributed by atoms with Gasteiger partial charge in [-0.1, -0.05) is 6.58 Å². The van der Waals surface area contributed by atoms with Gasteiger partial charge in [0.15, 0.2) is 0 Å². The van der Waals surface area contributed by atoms with Crippen LogP contribution in [0.15, 0.2) is 12.8 Å². The summed E-state index contributed by atoms with van der Waals surface area (Å²) < 4.78 is 5.05. The maximum absolute atomic E-state index is 12.0. The number of rotatable bonds is 3. The van der Waals surface area contributed by atoms with E-state index in [0.29, 0.717) is 0 Å². The van der Waals surface area contributed by atoms with Gasteiger partial charge in [-0.15, -0.1) is 0 Å². The Hall–Kier alpha value is -0.870. The summed E-state index contributed by atoms with van der Waals surface area (Å²) in [5.74, 6) is 2.40. The van der Waals surface area contributed by atoms with Crippen LogP contribution >= 0.6 is 0 Å². The normalized spacial score (nSPS) is 38.3. The highest BCUT2D eigenvalue weighted by Gasteiger charge is 2.55. The fourth-order valence-corrected chi connectivity index (χ4v) is 4.56. The van der Waals surface area contributed by atoms with E-state index in [1.807, 2.05) is 0 Å². The van der Waals surface area contributed by atoms with Crippen LogP contribution in [0.1, 0.15) is 38.5 Å². The van der Waals surface area contributed by atoms with Gasteiger partial charge in [0.2, 0.25) is 0 Å². The number of esters is 1. The Morgan fingerprint density at radius 2 is 1.53 bits per heavy atom. The van der Waals surface area contributed by atoms with Crippen LogP contribution < -0.4 is 0 Å². The zero-order chi connectivity index (χ0) is 13.9. The van der Waals surface area contributed by atoms with Crippen LogP contribution in [0.3, 0.4) is 0 Å². The molecule has 108 valence electrons. The topological polar surface area (TPSA) is 66.8 Å². The standard InChI is InChI=1S/C13H18O2.C2H6O2/c1-2-15-12(14)13-6-9-3-10(7-13)5-11(4-9)8-13;3-1-2-4/h2,9-11H,1,3-8H2;3-4H,1-2H2. The molecule has 0 aliphatic heterocycles. The van der Waals surface area contributed by atoms with Crippen molar-refractivity contribution in [3.05, 3.63) is 12.8 Å². The number of carbonyl (C=O) groups excluding carboxylic acids is 1. The number of hydrogen-bond donors (Lipinski definition) is 2. The highest BCUT2D eigenvalue weighted by molar-refractivity contribution is 5.78. The van der Waals surface area contributed by atoms with Crippen molar-refractivity contribution in [2.24, 2.45) is 23.2 Å². The summed E-state index contributed by atoms with van der Waals surface area (Å²) in [6, 6.07) is 0. The third kappa shape index (κ3) is 3.00. The van der Waals surface area contributed by atoms with Crippen molar-refractivity contribution >= 4 is 5.97 Å². The van der Waals surface area contributed by atoms with Gasteiger partial charge in [0.1, 0.15) is 0 Å². The van der Waals surface area contributed by atoms with Gasteiger partial charge in [0.25, 0.3) is 0 Å². The molecule has 0 radical (unpaired) electrons. The molecule has 4 aliphatic rings. The van der Waals surface area contributed by atoms with Crippen molar-refractivity contribution in [3.63, 3.8) is 0 Å². The fraction of sp³-hybridized carbons (Fsp3) is 0.800. The van der Waals surface area contributed by atoms with Gasteiger partial charge in [0.05, 0.1) is 24.9 Å². The molecule has 0 amide bonds. The first kappa shape index (κ1) is 14.5. The van der Waals surface area contributed by atoms with Crippen LogP contribution in [0.2, 0.25) is 0 Å². The Kier molecular flexibility index (Phi) is 4.63. The smallest absolute Gasteiger partial charge is 0.316 e. The second-order valence-electron chi connectivity index (χ2n) is 6.22. The van der Waals surface area contributed by atoms with Crippen molar-refractivity contribution in [2.75, 3.05) is 13.2 Å². The van der Waals surface area contributed by atoms with Crippen LogP contribution in [0.25, 0.3) is 0 Å². The molecular formula is C15H24O4. The van der Waals surface area contributed by atoms with Crippen LogP contribution in [0, 0.1) is 23.2 Å². The van der Waals surface area contributed by atoms with Gasteiger partial charge >= 0.3 is 5.97 Å². The first-order valence-corrected chi connectivity index (χ1v) is 7.17. The highest BCUT2D eigenvalue weighted by atomic mass is 16.5. The molecule has 0 spiro atoms. The molecule has 0 aromatic rings. The molecule has 4 fully saturated rings. The summed E-state index contributed by atoms with van der Waals surface area (Å²) in [7, 11) is 0. The van der Waals surface area contributed by atoms with Gasteiger partial charge in [0, 0.05) is 0 Å². The Bertz CT molecular complexity index is 300. The average molecular weight is 268 g/mol. The minimum Gasteiger partial charge on any atom is -0.435 e. The first-order chi connectivity index (χ1) is 9.13. The fourth-order valence-electron chi connectivity index (χ4n) is 4.56. The van der Waals surface area contributed by atoms with E-state index in [1.54, 1.807) is 0 Å². The van der Waals surface area contributed by atoms with Crippen molar-refractivity contribution < 1.29 is 19.7 Å². The summed E-state index contributed by atoms with van der Waals surface area (Å²) in [6.07, 6.45) is 8.60. The van der Waals surface area contributed by atoms with Crippen LogP contribution in [-0.4, -0.2) is 29.4 Å². The quantitative estimate of drug-likeness (QED) is 0.605. The van der Waals surface area contributed by atoms with Crippen LogP contribution in [0.4, 0.5) is 0 Å². The number of aliphatic hydroxyl groups excluding tert-OH is 2. The molecule has 0 heterocycles. The molecule has 19 heavy (non-hydrogen) atoms. The lowest BCUT2D eigenvalue weighted by molar-refractivity contribution is -0.165. The molecule has 0 saturated heterocycles. The summed E-state index contributed by atoms with van der Waals surface area (Å²) in [5, 5.41) is 15.2.